The second-order valence-electron chi connectivity index (χ2n) is 7.29. The standard InChI is InChI=1S/C24H21BrF2N2O/c25-19-11-9-18(10-12-19)23(17-5-2-1-3-6-17)28-13-15-29(16-14-28)24(30)22-20(26)7-4-8-21(22)27/h1-12,23H,13-16H2/t23-/m1/s1. The number of hydrogen-bond acceptors (Lipinski definition) is 2. The van der Waals surface area contributed by atoms with Crippen molar-refractivity contribution in [2.45, 2.75) is 6.04 Å². The van der Waals surface area contributed by atoms with Crippen LogP contribution in [0.15, 0.2) is 77.3 Å². The van der Waals surface area contributed by atoms with Gasteiger partial charge in [-0.25, -0.2) is 8.78 Å². The summed E-state index contributed by atoms with van der Waals surface area (Å²) in [5, 5.41) is 0. The van der Waals surface area contributed by atoms with Crippen LogP contribution in [0.5, 0.6) is 0 Å². The molecule has 4 rings (SSSR count). The van der Waals surface area contributed by atoms with Crippen LogP contribution in [-0.4, -0.2) is 41.9 Å². The summed E-state index contributed by atoms with van der Waals surface area (Å²) in [6, 6.07) is 22.0. The van der Waals surface area contributed by atoms with E-state index in [4.69, 9.17) is 0 Å². The predicted octanol–water partition coefficient (Wildman–Crippen LogP) is 5.27. The average molecular weight is 471 g/mol. The van der Waals surface area contributed by atoms with Gasteiger partial charge in [-0.15, -0.1) is 0 Å². The third-order valence-corrected chi connectivity index (χ3v) is 5.97. The molecule has 1 saturated heterocycles. The Morgan fingerprint density at radius 2 is 1.33 bits per heavy atom. The van der Waals surface area contributed by atoms with E-state index < -0.39 is 23.1 Å². The number of carbonyl (C=O) groups is 1. The molecule has 30 heavy (non-hydrogen) atoms. The Hall–Kier alpha value is -2.57. The van der Waals surface area contributed by atoms with Gasteiger partial charge in [-0.3, -0.25) is 9.69 Å². The molecule has 1 atom stereocenters. The van der Waals surface area contributed by atoms with E-state index in [0.29, 0.717) is 26.2 Å². The molecule has 0 aromatic heterocycles. The maximum Gasteiger partial charge on any atom is 0.259 e. The van der Waals surface area contributed by atoms with Crippen molar-refractivity contribution in [3.05, 3.63) is 106 Å². The lowest BCUT2D eigenvalue weighted by Crippen LogP contribution is -2.50. The summed E-state index contributed by atoms with van der Waals surface area (Å²) in [6.45, 7) is 2.04. The van der Waals surface area contributed by atoms with Crippen LogP contribution in [0.1, 0.15) is 27.5 Å². The number of piperazine rings is 1. The maximum absolute atomic E-state index is 14.0. The number of carbonyl (C=O) groups excluding carboxylic acids is 1. The van der Waals surface area contributed by atoms with Gasteiger partial charge in [0.2, 0.25) is 0 Å². The molecule has 1 fully saturated rings. The fraction of sp³-hybridized carbons (Fsp3) is 0.208. The van der Waals surface area contributed by atoms with E-state index in [1.165, 1.54) is 16.5 Å². The fourth-order valence-electron chi connectivity index (χ4n) is 3.94. The average Bonchev–Trinajstić information content (AvgIpc) is 2.76. The van der Waals surface area contributed by atoms with Crippen molar-refractivity contribution in [2.24, 2.45) is 0 Å². The molecule has 3 aromatic carbocycles. The number of hydrogen-bond donors (Lipinski definition) is 0. The Morgan fingerprint density at radius 3 is 1.93 bits per heavy atom. The largest absolute Gasteiger partial charge is 0.336 e. The Bertz CT molecular complexity index is 999. The van der Waals surface area contributed by atoms with Crippen LogP contribution in [0, 0.1) is 11.6 Å². The van der Waals surface area contributed by atoms with Gasteiger partial charge < -0.3 is 4.90 Å². The molecule has 1 aliphatic heterocycles. The van der Waals surface area contributed by atoms with E-state index in [2.05, 4.69) is 45.1 Å². The lowest BCUT2D eigenvalue weighted by molar-refractivity contribution is 0.0588. The van der Waals surface area contributed by atoms with Crippen LogP contribution in [0.4, 0.5) is 8.78 Å². The minimum absolute atomic E-state index is 0.0433. The molecule has 0 unspecified atom stereocenters. The van der Waals surface area contributed by atoms with Gasteiger partial charge in [-0.1, -0.05) is 64.5 Å². The summed E-state index contributed by atoms with van der Waals surface area (Å²) < 4.78 is 29.1. The first-order chi connectivity index (χ1) is 14.5. The maximum atomic E-state index is 14.0. The number of benzene rings is 3. The van der Waals surface area contributed by atoms with Gasteiger partial charge in [0.1, 0.15) is 17.2 Å². The lowest BCUT2D eigenvalue weighted by Gasteiger charge is -2.40. The quantitative estimate of drug-likeness (QED) is 0.518. The summed E-state index contributed by atoms with van der Waals surface area (Å²) in [4.78, 5) is 16.6. The Labute approximate surface area is 183 Å². The van der Waals surface area contributed by atoms with Gasteiger partial charge in [-0.2, -0.15) is 0 Å². The van der Waals surface area contributed by atoms with Gasteiger partial charge in [0.25, 0.3) is 5.91 Å². The minimum atomic E-state index is -0.820. The Morgan fingerprint density at radius 1 is 0.767 bits per heavy atom. The summed E-state index contributed by atoms with van der Waals surface area (Å²) in [5.74, 6) is -2.23. The van der Waals surface area contributed by atoms with E-state index in [-0.39, 0.29) is 6.04 Å². The molecular formula is C24H21BrF2N2O. The summed E-state index contributed by atoms with van der Waals surface area (Å²) in [6.07, 6.45) is 0. The van der Waals surface area contributed by atoms with Crippen molar-refractivity contribution in [2.75, 3.05) is 26.2 Å². The summed E-state index contributed by atoms with van der Waals surface area (Å²) in [5.41, 5.74) is 1.85. The van der Waals surface area contributed by atoms with Crippen molar-refractivity contribution in [3.8, 4) is 0 Å². The first-order valence-electron chi connectivity index (χ1n) is 9.82. The zero-order valence-corrected chi connectivity index (χ0v) is 17.9. The molecule has 0 radical (unpaired) electrons. The molecule has 0 saturated carbocycles. The fourth-order valence-corrected chi connectivity index (χ4v) is 4.20. The van der Waals surface area contributed by atoms with Crippen molar-refractivity contribution < 1.29 is 13.6 Å². The molecule has 0 spiro atoms. The van der Waals surface area contributed by atoms with Gasteiger partial charge >= 0.3 is 0 Å². The highest BCUT2D eigenvalue weighted by molar-refractivity contribution is 9.10. The monoisotopic (exact) mass is 470 g/mol. The molecule has 1 amide bonds. The second-order valence-corrected chi connectivity index (χ2v) is 8.21. The molecule has 6 heteroatoms. The molecule has 3 nitrogen and oxygen atoms in total. The highest BCUT2D eigenvalue weighted by atomic mass is 79.9. The van der Waals surface area contributed by atoms with Gasteiger partial charge in [0.05, 0.1) is 6.04 Å². The molecule has 0 bridgehead atoms. The third kappa shape index (κ3) is 4.30. The highest BCUT2D eigenvalue weighted by Gasteiger charge is 2.30. The van der Waals surface area contributed by atoms with E-state index in [1.54, 1.807) is 0 Å². The molecule has 1 heterocycles. The number of amides is 1. The molecular weight excluding hydrogens is 450 g/mol. The normalized spacial score (nSPS) is 15.8. The molecule has 3 aromatic rings. The van der Waals surface area contributed by atoms with Gasteiger partial charge in [0.15, 0.2) is 0 Å². The molecule has 0 N–H and O–H groups in total. The third-order valence-electron chi connectivity index (χ3n) is 5.44. The lowest BCUT2D eigenvalue weighted by atomic mass is 9.96. The van der Waals surface area contributed by atoms with Crippen molar-refractivity contribution in [1.82, 2.24) is 9.80 Å². The topological polar surface area (TPSA) is 23.6 Å². The summed E-state index contributed by atoms with van der Waals surface area (Å²) >= 11 is 3.49. The summed E-state index contributed by atoms with van der Waals surface area (Å²) in [7, 11) is 0. The van der Waals surface area contributed by atoms with Crippen LogP contribution in [0.25, 0.3) is 0 Å². The van der Waals surface area contributed by atoms with E-state index in [0.717, 1.165) is 22.2 Å². The van der Waals surface area contributed by atoms with Crippen molar-refractivity contribution in [3.63, 3.8) is 0 Å². The predicted molar refractivity (Wildman–Crippen MR) is 116 cm³/mol. The number of halogens is 3. The van der Waals surface area contributed by atoms with Crippen LogP contribution in [-0.2, 0) is 0 Å². The first kappa shape index (κ1) is 20.7. The van der Waals surface area contributed by atoms with E-state index in [1.807, 2.05) is 30.3 Å². The zero-order valence-electron chi connectivity index (χ0n) is 16.3. The SMILES string of the molecule is O=C(c1c(F)cccc1F)N1CCN([C@H](c2ccccc2)c2ccc(Br)cc2)CC1. The van der Waals surface area contributed by atoms with Gasteiger partial charge in [-0.05, 0) is 35.4 Å². The van der Waals surface area contributed by atoms with Crippen molar-refractivity contribution in [1.29, 1.82) is 0 Å². The minimum Gasteiger partial charge on any atom is -0.336 e. The van der Waals surface area contributed by atoms with E-state index in [9.17, 15) is 13.6 Å². The number of rotatable bonds is 4. The zero-order chi connectivity index (χ0) is 21.1. The Kier molecular flexibility index (Phi) is 6.25. The first-order valence-corrected chi connectivity index (χ1v) is 10.6. The van der Waals surface area contributed by atoms with Crippen LogP contribution in [0.2, 0.25) is 0 Å². The molecule has 154 valence electrons. The van der Waals surface area contributed by atoms with Crippen molar-refractivity contribution >= 4 is 21.8 Å². The smallest absolute Gasteiger partial charge is 0.259 e. The second kappa shape index (κ2) is 9.06. The van der Waals surface area contributed by atoms with E-state index >= 15 is 0 Å². The van der Waals surface area contributed by atoms with Gasteiger partial charge in [0, 0.05) is 30.7 Å². The Balaban J connectivity index is 1.54. The number of nitrogens with zero attached hydrogens (tertiary/aromatic N) is 2. The van der Waals surface area contributed by atoms with Crippen LogP contribution in [0.3, 0.4) is 0 Å². The highest BCUT2D eigenvalue weighted by Crippen LogP contribution is 2.30. The molecule has 0 aliphatic carbocycles. The molecule has 1 aliphatic rings. The van der Waals surface area contributed by atoms with Crippen LogP contribution >= 0.6 is 15.9 Å². The van der Waals surface area contributed by atoms with Crippen LogP contribution < -0.4 is 0 Å².